The number of likely N-dealkylation sites (tertiary alicyclic amines) is 1. The normalized spacial score (nSPS) is 21.9. The Bertz CT molecular complexity index is 476. The van der Waals surface area contributed by atoms with Crippen LogP contribution in [0, 0.1) is 5.92 Å². The summed E-state index contributed by atoms with van der Waals surface area (Å²) in [4.78, 5) is 28.8. The second-order valence-corrected chi connectivity index (χ2v) is 8.72. The van der Waals surface area contributed by atoms with E-state index in [2.05, 4.69) is 15.5 Å². The van der Waals surface area contributed by atoms with E-state index in [0.717, 1.165) is 51.9 Å². The fourth-order valence-electron chi connectivity index (χ4n) is 3.88. The molecule has 2 rings (SSSR count). The van der Waals surface area contributed by atoms with Crippen molar-refractivity contribution < 1.29 is 14.3 Å². The summed E-state index contributed by atoms with van der Waals surface area (Å²) in [6.07, 6.45) is 3.43. The van der Waals surface area contributed by atoms with Gasteiger partial charge < -0.3 is 20.3 Å². The van der Waals surface area contributed by atoms with Gasteiger partial charge in [0, 0.05) is 33.2 Å². The number of amides is 2. The van der Waals surface area contributed by atoms with Crippen LogP contribution in [-0.4, -0.2) is 79.8 Å². The van der Waals surface area contributed by atoms with E-state index in [0.29, 0.717) is 5.92 Å². The first-order chi connectivity index (χ1) is 12.2. The molecule has 7 nitrogen and oxygen atoms in total. The highest BCUT2D eigenvalue weighted by Gasteiger charge is 2.37. The van der Waals surface area contributed by atoms with Gasteiger partial charge in [0.2, 0.25) is 5.91 Å². The highest BCUT2D eigenvalue weighted by atomic mass is 16.6. The maximum absolute atomic E-state index is 12.8. The minimum Gasteiger partial charge on any atom is -0.444 e. The van der Waals surface area contributed by atoms with Crippen molar-refractivity contribution in [2.75, 3.05) is 40.3 Å². The van der Waals surface area contributed by atoms with E-state index in [4.69, 9.17) is 4.74 Å². The zero-order valence-corrected chi connectivity index (χ0v) is 17.0. The van der Waals surface area contributed by atoms with Crippen LogP contribution in [0.2, 0.25) is 0 Å². The Morgan fingerprint density at radius 2 is 1.69 bits per heavy atom. The van der Waals surface area contributed by atoms with Crippen molar-refractivity contribution in [2.24, 2.45) is 5.92 Å². The fourth-order valence-corrected chi connectivity index (χ4v) is 3.88. The van der Waals surface area contributed by atoms with Crippen LogP contribution in [0.5, 0.6) is 0 Å². The average molecular weight is 369 g/mol. The molecule has 0 radical (unpaired) electrons. The summed E-state index contributed by atoms with van der Waals surface area (Å²) < 4.78 is 5.35. The van der Waals surface area contributed by atoms with Gasteiger partial charge in [-0.05, 0) is 65.5 Å². The van der Waals surface area contributed by atoms with Gasteiger partial charge in [0.25, 0.3) is 0 Å². The summed E-state index contributed by atoms with van der Waals surface area (Å²) in [6.45, 7) is 9.23. The third-order valence-corrected chi connectivity index (χ3v) is 5.17. The lowest BCUT2D eigenvalue weighted by molar-refractivity contribution is -0.137. The summed E-state index contributed by atoms with van der Waals surface area (Å²) in [7, 11) is 3.68. The standard InChI is InChI=1S/C19H36N4O3/c1-19(2,3)26-18(25)21-15-8-12-23(13-9-15)16(17(24)22(4)5)14-6-10-20-11-7-14/h14-16,20H,6-13H2,1-5H3,(H,21,25). The van der Waals surface area contributed by atoms with Gasteiger partial charge in [-0.2, -0.15) is 0 Å². The number of nitrogens with zero attached hydrogens (tertiary/aromatic N) is 2. The third-order valence-electron chi connectivity index (χ3n) is 5.17. The molecule has 0 aromatic heterocycles. The molecule has 0 bridgehead atoms. The maximum atomic E-state index is 12.8. The van der Waals surface area contributed by atoms with E-state index >= 15 is 0 Å². The third kappa shape index (κ3) is 6.13. The number of alkyl carbamates (subject to hydrolysis) is 1. The lowest BCUT2D eigenvalue weighted by Gasteiger charge is -2.42. The van der Waals surface area contributed by atoms with E-state index < -0.39 is 5.60 Å². The number of carbonyl (C=O) groups is 2. The lowest BCUT2D eigenvalue weighted by atomic mass is 9.87. The number of rotatable bonds is 4. The van der Waals surface area contributed by atoms with E-state index in [9.17, 15) is 9.59 Å². The molecular weight excluding hydrogens is 332 g/mol. The van der Waals surface area contributed by atoms with Crippen LogP contribution in [0.3, 0.4) is 0 Å². The molecular formula is C19H36N4O3. The number of piperidine rings is 2. The molecule has 0 aromatic rings. The van der Waals surface area contributed by atoms with E-state index in [1.54, 1.807) is 4.90 Å². The first-order valence-electron chi connectivity index (χ1n) is 9.83. The summed E-state index contributed by atoms with van der Waals surface area (Å²) >= 11 is 0. The van der Waals surface area contributed by atoms with E-state index in [-0.39, 0.29) is 24.1 Å². The monoisotopic (exact) mass is 368 g/mol. The lowest BCUT2D eigenvalue weighted by Crippen LogP contribution is -2.56. The maximum Gasteiger partial charge on any atom is 0.407 e. The van der Waals surface area contributed by atoms with Crippen LogP contribution in [0.1, 0.15) is 46.5 Å². The van der Waals surface area contributed by atoms with Gasteiger partial charge in [-0.15, -0.1) is 0 Å². The number of nitrogens with one attached hydrogen (secondary N) is 2. The molecule has 2 saturated heterocycles. The number of hydrogen-bond donors (Lipinski definition) is 2. The highest BCUT2D eigenvalue weighted by Crippen LogP contribution is 2.25. The Kier molecular flexibility index (Phi) is 7.29. The molecule has 2 amide bonds. The first-order valence-corrected chi connectivity index (χ1v) is 9.83. The molecule has 2 aliphatic rings. The van der Waals surface area contributed by atoms with Crippen LogP contribution in [0.25, 0.3) is 0 Å². The van der Waals surface area contributed by atoms with Gasteiger partial charge in [0.15, 0.2) is 0 Å². The number of carbonyl (C=O) groups excluding carboxylic acids is 2. The molecule has 2 aliphatic heterocycles. The van der Waals surface area contributed by atoms with Crippen LogP contribution < -0.4 is 10.6 Å². The van der Waals surface area contributed by atoms with Crippen molar-refractivity contribution in [1.82, 2.24) is 20.4 Å². The Morgan fingerprint density at radius 3 is 2.19 bits per heavy atom. The molecule has 1 unspecified atom stereocenters. The molecule has 0 aliphatic carbocycles. The molecule has 2 fully saturated rings. The zero-order valence-electron chi connectivity index (χ0n) is 17.0. The second kappa shape index (κ2) is 9.04. The first kappa shape index (κ1) is 21.0. The second-order valence-electron chi connectivity index (χ2n) is 8.72. The van der Waals surface area contributed by atoms with E-state index in [1.807, 2.05) is 34.9 Å². The van der Waals surface area contributed by atoms with Gasteiger partial charge in [-0.1, -0.05) is 0 Å². The Labute approximate surface area is 157 Å². The predicted octanol–water partition coefficient (Wildman–Crippen LogP) is 1.43. The Balaban J connectivity index is 1.92. The van der Waals surface area contributed by atoms with Crippen molar-refractivity contribution in [3.63, 3.8) is 0 Å². The van der Waals surface area contributed by atoms with E-state index in [1.165, 1.54) is 0 Å². The van der Waals surface area contributed by atoms with Crippen LogP contribution >= 0.6 is 0 Å². The van der Waals surface area contributed by atoms with Crippen molar-refractivity contribution in [3.05, 3.63) is 0 Å². The van der Waals surface area contributed by atoms with Crippen molar-refractivity contribution in [3.8, 4) is 0 Å². The average Bonchev–Trinajstić information content (AvgIpc) is 2.55. The van der Waals surface area contributed by atoms with Gasteiger partial charge in [-0.3, -0.25) is 9.69 Å². The summed E-state index contributed by atoms with van der Waals surface area (Å²) in [5.74, 6) is 0.608. The fraction of sp³-hybridized carbons (Fsp3) is 0.895. The molecule has 7 heteroatoms. The molecule has 0 spiro atoms. The molecule has 2 heterocycles. The topological polar surface area (TPSA) is 73.9 Å². The predicted molar refractivity (Wildman–Crippen MR) is 102 cm³/mol. The van der Waals surface area contributed by atoms with Gasteiger partial charge in [0.1, 0.15) is 5.60 Å². The Hall–Kier alpha value is -1.34. The molecule has 2 N–H and O–H groups in total. The van der Waals surface area contributed by atoms with Crippen LogP contribution in [-0.2, 0) is 9.53 Å². The van der Waals surface area contributed by atoms with Gasteiger partial charge in [0.05, 0.1) is 6.04 Å². The van der Waals surface area contributed by atoms with Crippen LogP contribution in [0.4, 0.5) is 4.79 Å². The molecule has 0 saturated carbocycles. The minimum absolute atomic E-state index is 0.0467. The Morgan fingerprint density at radius 1 is 1.12 bits per heavy atom. The summed E-state index contributed by atoms with van der Waals surface area (Å²) in [6, 6.07) is 0.0683. The quantitative estimate of drug-likeness (QED) is 0.785. The van der Waals surface area contributed by atoms with Crippen LogP contribution in [0.15, 0.2) is 0 Å². The van der Waals surface area contributed by atoms with Crippen molar-refractivity contribution in [1.29, 1.82) is 0 Å². The SMILES string of the molecule is CN(C)C(=O)C(C1CCNCC1)N1CCC(NC(=O)OC(C)(C)C)CC1. The molecule has 1 atom stereocenters. The smallest absolute Gasteiger partial charge is 0.407 e. The molecule has 150 valence electrons. The minimum atomic E-state index is -0.483. The zero-order chi connectivity index (χ0) is 19.3. The summed E-state index contributed by atoms with van der Waals surface area (Å²) in [5.41, 5.74) is -0.483. The van der Waals surface area contributed by atoms with Gasteiger partial charge >= 0.3 is 6.09 Å². The van der Waals surface area contributed by atoms with Gasteiger partial charge in [-0.25, -0.2) is 4.79 Å². The molecule has 0 aromatic carbocycles. The highest BCUT2D eigenvalue weighted by molar-refractivity contribution is 5.81. The number of likely N-dealkylation sites (N-methyl/N-ethyl adjacent to an activating group) is 1. The number of ether oxygens (including phenoxy) is 1. The largest absolute Gasteiger partial charge is 0.444 e. The summed E-state index contributed by atoms with van der Waals surface area (Å²) in [5, 5.41) is 6.36. The molecule has 26 heavy (non-hydrogen) atoms. The van der Waals surface area contributed by atoms with Crippen molar-refractivity contribution in [2.45, 2.75) is 64.1 Å². The number of hydrogen-bond acceptors (Lipinski definition) is 5. The van der Waals surface area contributed by atoms with Crippen molar-refractivity contribution >= 4 is 12.0 Å².